The maximum absolute atomic E-state index is 11.5. The number of carbonyl (C=O) groups is 1. The molecule has 1 saturated heterocycles. The van der Waals surface area contributed by atoms with Crippen LogP contribution >= 0.6 is 0 Å². The van der Waals surface area contributed by atoms with Crippen molar-refractivity contribution < 1.29 is 14.3 Å². The zero-order valence-corrected chi connectivity index (χ0v) is 11.2. The molecule has 0 aromatic rings. The Morgan fingerprint density at radius 3 is 2.94 bits per heavy atom. The van der Waals surface area contributed by atoms with E-state index < -0.39 is 0 Å². The molecule has 1 aliphatic heterocycles. The third kappa shape index (κ3) is 6.67. The quantitative estimate of drug-likeness (QED) is 0.483. The Bertz CT molecular complexity index is 210. The van der Waals surface area contributed by atoms with Crippen LogP contribution in [0.4, 0.5) is 0 Å². The van der Waals surface area contributed by atoms with E-state index in [-0.39, 0.29) is 12.1 Å². The van der Waals surface area contributed by atoms with E-state index in [1.165, 1.54) is 6.42 Å². The van der Waals surface area contributed by atoms with Gasteiger partial charge < -0.3 is 9.47 Å². The van der Waals surface area contributed by atoms with Gasteiger partial charge in [0, 0.05) is 13.0 Å². The van der Waals surface area contributed by atoms with Gasteiger partial charge in [-0.25, -0.2) is 0 Å². The molecule has 0 aromatic heterocycles. The van der Waals surface area contributed by atoms with Gasteiger partial charge in [0.15, 0.2) is 0 Å². The maximum atomic E-state index is 11.5. The summed E-state index contributed by atoms with van der Waals surface area (Å²) in [6.07, 6.45) is 8.48. The van der Waals surface area contributed by atoms with Crippen molar-refractivity contribution in [2.45, 2.75) is 77.4 Å². The molecule has 3 nitrogen and oxygen atoms in total. The minimum absolute atomic E-state index is 0.0355. The number of carbonyl (C=O) groups excluding carboxylic acids is 1. The number of esters is 1. The number of hydrogen-bond acceptors (Lipinski definition) is 3. The van der Waals surface area contributed by atoms with Crippen LogP contribution < -0.4 is 0 Å². The molecule has 0 unspecified atom stereocenters. The molecule has 0 N–H and O–H groups in total. The zero-order chi connectivity index (χ0) is 12.5. The van der Waals surface area contributed by atoms with Crippen LogP contribution in [-0.2, 0) is 14.3 Å². The van der Waals surface area contributed by atoms with Gasteiger partial charge in [0.2, 0.25) is 0 Å². The molecule has 0 aromatic carbocycles. The molecule has 0 aliphatic carbocycles. The molecular formula is C14H26O3. The average Bonchev–Trinajstić information content (AvgIpc) is 2.79. The molecule has 0 radical (unpaired) electrons. The van der Waals surface area contributed by atoms with Crippen molar-refractivity contribution in [1.29, 1.82) is 0 Å². The van der Waals surface area contributed by atoms with Crippen LogP contribution in [0.25, 0.3) is 0 Å². The molecule has 0 saturated carbocycles. The van der Waals surface area contributed by atoms with Crippen LogP contribution in [0.1, 0.15) is 65.2 Å². The second-order valence-corrected chi connectivity index (χ2v) is 4.97. The Morgan fingerprint density at radius 2 is 2.29 bits per heavy atom. The number of ether oxygens (including phenoxy) is 2. The molecular weight excluding hydrogens is 216 g/mol. The Labute approximate surface area is 105 Å². The van der Waals surface area contributed by atoms with Crippen molar-refractivity contribution in [2.24, 2.45) is 0 Å². The van der Waals surface area contributed by atoms with E-state index in [2.05, 4.69) is 6.92 Å². The summed E-state index contributed by atoms with van der Waals surface area (Å²) in [6.45, 7) is 5.01. The molecule has 2 atom stereocenters. The van der Waals surface area contributed by atoms with E-state index in [1.54, 1.807) is 0 Å². The fraction of sp³-hybridized carbons (Fsp3) is 0.929. The van der Waals surface area contributed by atoms with Gasteiger partial charge in [-0.2, -0.15) is 0 Å². The number of rotatable bonds is 8. The monoisotopic (exact) mass is 242 g/mol. The highest BCUT2D eigenvalue weighted by Crippen LogP contribution is 2.18. The molecule has 1 fully saturated rings. The first-order valence-corrected chi connectivity index (χ1v) is 7.03. The lowest BCUT2D eigenvalue weighted by Gasteiger charge is -2.15. The van der Waals surface area contributed by atoms with Gasteiger partial charge in [0.25, 0.3) is 0 Å². The fourth-order valence-electron chi connectivity index (χ4n) is 2.15. The van der Waals surface area contributed by atoms with Gasteiger partial charge in [-0.1, -0.05) is 19.8 Å². The summed E-state index contributed by atoms with van der Waals surface area (Å²) in [7, 11) is 0. The molecule has 100 valence electrons. The molecule has 17 heavy (non-hydrogen) atoms. The van der Waals surface area contributed by atoms with Crippen LogP contribution in [0.5, 0.6) is 0 Å². The van der Waals surface area contributed by atoms with Crippen LogP contribution in [0, 0.1) is 0 Å². The highest BCUT2D eigenvalue weighted by molar-refractivity contribution is 5.69. The molecule has 1 rings (SSSR count). The molecule has 3 heteroatoms. The van der Waals surface area contributed by atoms with Crippen molar-refractivity contribution in [2.75, 3.05) is 6.61 Å². The van der Waals surface area contributed by atoms with E-state index in [1.807, 2.05) is 6.92 Å². The lowest BCUT2D eigenvalue weighted by molar-refractivity contribution is -0.148. The molecule has 0 amide bonds. The Morgan fingerprint density at radius 1 is 1.47 bits per heavy atom. The summed E-state index contributed by atoms with van der Waals surface area (Å²) in [5.74, 6) is -0.0432. The van der Waals surface area contributed by atoms with E-state index in [0.29, 0.717) is 12.5 Å². The Hall–Kier alpha value is -0.570. The summed E-state index contributed by atoms with van der Waals surface area (Å²) in [5, 5.41) is 0. The minimum Gasteiger partial charge on any atom is -0.463 e. The van der Waals surface area contributed by atoms with Crippen molar-refractivity contribution in [1.82, 2.24) is 0 Å². The lowest BCUT2D eigenvalue weighted by Crippen LogP contribution is -2.17. The predicted molar refractivity (Wildman–Crippen MR) is 67.9 cm³/mol. The molecule has 1 heterocycles. The summed E-state index contributed by atoms with van der Waals surface area (Å²) in [5.41, 5.74) is 0. The predicted octanol–water partition coefficient (Wildman–Crippen LogP) is 3.46. The van der Waals surface area contributed by atoms with Gasteiger partial charge in [-0.05, 0) is 39.0 Å². The number of hydrogen-bond donors (Lipinski definition) is 0. The second-order valence-electron chi connectivity index (χ2n) is 4.97. The third-order valence-electron chi connectivity index (χ3n) is 3.24. The highest BCUT2D eigenvalue weighted by Gasteiger charge is 2.17. The van der Waals surface area contributed by atoms with Gasteiger partial charge >= 0.3 is 5.97 Å². The van der Waals surface area contributed by atoms with Gasteiger partial charge in [-0.15, -0.1) is 0 Å². The van der Waals surface area contributed by atoms with Crippen LogP contribution in [0.3, 0.4) is 0 Å². The Kier molecular flexibility index (Phi) is 7.25. The lowest BCUT2D eigenvalue weighted by atomic mass is 10.1. The first kappa shape index (κ1) is 14.5. The van der Waals surface area contributed by atoms with Crippen LogP contribution in [0.2, 0.25) is 0 Å². The van der Waals surface area contributed by atoms with Crippen molar-refractivity contribution >= 4 is 5.97 Å². The van der Waals surface area contributed by atoms with E-state index in [9.17, 15) is 4.79 Å². The van der Waals surface area contributed by atoms with Crippen molar-refractivity contribution in [3.63, 3.8) is 0 Å². The van der Waals surface area contributed by atoms with E-state index in [4.69, 9.17) is 9.47 Å². The molecule has 0 spiro atoms. The number of unbranched alkanes of at least 4 members (excludes halogenated alkanes) is 2. The van der Waals surface area contributed by atoms with E-state index in [0.717, 1.165) is 45.1 Å². The van der Waals surface area contributed by atoms with Crippen molar-refractivity contribution in [3.8, 4) is 0 Å². The smallest absolute Gasteiger partial charge is 0.306 e. The average molecular weight is 242 g/mol. The van der Waals surface area contributed by atoms with Gasteiger partial charge in [-0.3, -0.25) is 4.79 Å². The fourth-order valence-corrected chi connectivity index (χ4v) is 2.15. The molecule has 0 bridgehead atoms. The summed E-state index contributed by atoms with van der Waals surface area (Å²) < 4.78 is 10.9. The van der Waals surface area contributed by atoms with Crippen LogP contribution in [-0.4, -0.2) is 24.8 Å². The topological polar surface area (TPSA) is 35.5 Å². The first-order chi connectivity index (χ1) is 8.22. The van der Waals surface area contributed by atoms with E-state index >= 15 is 0 Å². The Balaban J connectivity index is 2.02. The standard InChI is InChI=1S/C14H26O3/c1-3-4-5-8-14(15)17-12(2)9-10-13-7-6-11-16-13/h12-13H,3-11H2,1-2H3/t12-,13+/m0/s1. The largest absolute Gasteiger partial charge is 0.463 e. The SMILES string of the molecule is CCCCCC(=O)O[C@@H](C)CC[C@H]1CCCO1. The second kappa shape index (κ2) is 8.51. The van der Waals surface area contributed by atoms with Gasteiger partial charge in [0.1, 0.15) is 0 Å². The van der Waals surface area contributed by atoms with Crippen molar-refractivity contribution in [3.05, 3.63) is 0 Å². The van der Waals surface area contributed by atoms with Gasteiger partial charge in [0.05, 0.1) is 12.2 Å². The van der Waals surface area contributed by atoms with Crippen LogP contribution in [0.15, 0.2) is 0 Å². The highest BCUT2D eigenvalue weighted by atomic mass is 16.5. The maximum Gasteiger partial charge on any atom is 0.306 e. The third-order valence-corrected chi connectivity index (χ3v) is 3.24. The minimum atomic E-state index is -0.0432. The molecule has 1 aliphatic rings. The summed E-state index contributed by atoms with van der Waals surface area (Å²) in [6, 6.07) is 0. The summed E-state index contributed by atoms with van der Waals surface area (Å²) in [4.78, 5) is 11.5. The normalized spacial score (nSPS) is 21.4. The first-order valence-electron chi connectivity index (χ1n) is 7.03. The zero-order valence-electron chi connectivity index (χ0n) is 11.2. The summed E-state index contributed by atoms with van der Waals surface area (Å²) >= 11 is 0.